The number of nitrogens with zero attached hydrogens (tertiary/aromatic N) is 1. The molecule has 0 N–H and O–H groups in total. The van der Waals surface area contributed by atoms with Gasteiger partial charge in [0.25, 0.3) is 0 Å². The summed E-state index contributed by atoms with van der Waals surface area (Å²) in [7, 11) is 0. The lowest BCUT2D eigenvalue weighted by molar-refractivity contribution is 0.852. The van der Waals surface area contributed by atoms with E-state index in [-0.39, 0.29) is 0 Å². The molecular weight excluding hydrogens is 206 g/mol. The molecule has 0 spiro atoms. The molecule has 15 heavy (non-hydrogen) atoms. The molecule has 0 saturated heterocycles. The van der Waals surface area contributed by atoms with E-state index >= 15 is 0 Å². The molecule has 1 heterocycles. The molecule has 0 unspecified atom stereocenters. The van der Waals surface area contributed by atoms with Gasteiger partial charge in [0, 0.05) is 9.75 Å². The van der Waals surface area contributed by atoms with Crippen LogP contribution in [0, 0.1) is 4.91 Å². The molecule has 0 amide bonds. The quantitative estimate of drug-likeness (QED) is 0.687. The molecule has 0 atom stereocenters. The Balaban J connectivity index is 2.94. The summed E-state index contributed by atoms with van der Waals surface area (Å²) >= 11 is 1.88. The standard InChI is InChI=1S/C12H19NOS/c1-8(2)11-7-10(5-6-13-14)12(15-11)9(3)4/h7-9H,5-6H2,1-4H3. The van der Waals surface area contributed by atoms with Crippen molar-refractivity contribution in [1.82, 2.24) is 0 Å². The first-order valence-corrected chi connectivity index (χ1v) is 6.29. The predicted octanol–water partition coefficient (Wildman–Crippen LogP) is 4.30. The lowest BCUT2D eigenvalue weighted by Gasteiger charge is -2.04. The molecule has 84 valence electrons. The first kappa shape index (κ1) is 12.4. The molecule has 0 aliphatic rings. The number of hydrogen-bond donors (Lipinski definition) is 0. The number of hydrogen-bond acceptors (Lipinski definition) is 3. The van der Waals surface area contributed by atoms with Crippen LogP contribution in [0.3, 0.4) is 0 Å². The molecule has 0 radical (unpaired) electrons. The first-order valence-electron chi connectivity index (χ1n) is 5.47. The van der Waals surface area contributed by atoms with Crippen molar-refractivity contribution in [3.05, 3.63) is 26.3 Å². The van der Waals surface area contributed by atoms with E-state index in [1.54, 1.807) is 0 Å². The van der Waals surface area contributed by atoms with Crippen LogP contribution in [0.25, 0.3) is 0 Å². The molecule has 0 fully saturated rings. The largest absolute Gasteiger partial charge is 0.151 e. The Bertz CT molecular complexity index is 328. The van der Waals surface area contributed by atoms with Crippen molar-refractivity contribution >= 4 is 11.3 Å². The smallest absolute Gasteiger partial charge is 0.0851 e. The highest BCUT2D eigenvalue weighted by atomic mass is 32.1. The van der Waals surface area contributed by atoms with E-state index in [0.29, 0.717) is 18.4 Å². The highest BCUT2D eigenvalue weighted by molar-refractivity contribution is 7.12. The maximum Gasteiger partial charge on any atom is 0.0851 e. The van der Waals surface area contributed by atoms with Crippen LogP contribution in [0.2, 0.25) is 0 Å². The second-order valence-corrected chi connectivity index (χ2v) is 5.57. The molecule has 0 bridgehead atoms. The van der Waals surface area contributed by atoms with Gasteiger partial charge in [0.15, 0.2) is 0 Å². The van der Waals surface area contributed by atoms with Crippen LogP contribution in [-0.2, 0) is 6.42 Å². The fraction of sp³-hybridized carbons (Fsp3) is 0.667. The monoisotopic (exact) mass is 225 g/mol. The van der Waals surface area contributed by atoms with Crippen LogP contribution in [0.4, 0.5) is 0 Å². The van der Waals surface area contributed by atoms with Gasteiger partial charge in [0.05, 0.1) is 6.54 Å². The van der Waals surface area contributed by atoms with Crippen LogP contribution in [0.1, 0.15) is 54.8 Å². The molecule has 2 nitrogen and oxygen atoms in total. The summed E-state index contributed by atoms with van der Waals surface area (Å²) < 4.78 is 0. The minimum atomic E-state index is 0.397. The molecule has 3 heteroatoms. The highest BCUT2D eigenvalue weighted by Crippen LogP contribution is 2.33. The fourth-order valence-electron chi connectivity index (χ4n) is 1.60. The Morgan fingerprint density at radius 2 is 1.93 bits per heavy atom. The van der Waals surface area contributed by atoms with Gasteiger partial charge in [-0.05, 0) is 29.9 Å². The van der Waals surface area contributed by atoms with Gasteiger partial charge in [-0.25, -0.2) is 0 Å². The van der Waals surface area contributed by atoms with E-state index in [2.05, 4.69) is 38.9 Å². The van der Waals surface area contributed by atoms with E-state index in [1.165, 1.54) is 15.3 Å². The van der Waals surface area contributed by atoms with E-state index in [0.717, 1.165) is 6.42 Å². The molecule has 0 aliphatic carbocycles. The molecular formula is C12H19NOS. The van der Waals surface area contributed by atoms with E-state index in [1.807, 2.05) is 11.3 Å². The normalized spacial score (nSPS) is 11.3. The summed E-state index contributed by atoms with van der Waals surface area (Å²) in [5.74, 6) is 1.12. The van der Waals surface area contributed by atoms with Crippen LogP contribution >= 0.6 is 11.3 Å². The van der Waals surface area contributed by atoms with Gasteiger partial charge in [-0.2, -0.15) is 4.91 Å². The summed E-state index contributed by atoms with van der Waals surface area (Å²) in [6.07, 6.45) is 0.792. The molecule has 0 aromatic carbocycles. The number of nitroso groups, excluding NO2 is 1. The van der Waals surface area contributed by atoms with Gasteiger partial charge >= 0.3 is 0 Å². The minimum Gasteiger partial charge on any atom is -0.151 e. The lowest BCUT2D eigenvalue weighted by Crippen LogP contribution is -1.93. The van der Waals surface area contributed by atoms with Crippen LogP contribution in [0.15, 0.2) is 11.2 Å². The van der Waals surface area contributed by atoms with E-state index in [9.17, 15) is 4.91 Å². The summed E-state index contributed by atoms with van der Waals surface area (Å²) in [6.45, 7) is 9.21. The summed E-state index contributed by atoms with van der Waals surface area (Å²) in [5, 5.41) is 2.94. The average Bonchev–Trinajstić information content (AvgIpc) is 2.58. The van der Waals surface area contributed by atoms with E-state index < -0.39 is 0 Å². The maximum atomic E-state index is 10.2. The van der Waals surface area contributed by atoms with E-state index in [4.69, 9.17) is 0 Å². The second-order valence-electron chi connectivity index (χ2n) is 4.45. The SMILES string of the molecule is CC(C)c1cc(CCN=O)c(C(C)C)s1. The van der Waals surface area contributed by atoms with Crippen LogP contribution < -0.4 is 0 Å². The topological polar surface area (TPSA) is 29.4 Å². The highest BCUT2D eigenvalue weighted by Gasteiger charge is 2.13. The summed E-state index contributed by atoms with van der Waals surface area (Å²) in [4.78, 5) is 13.0. The molecule has 1 rings (SSSR count). The molecule has 0 aliphatic heterocycles. The minimum absolute atomic E-state index is 0.397. The van der Waals surface area contributed by atoms with Gasteiger partial charge in [-0.15, -0.1) is 11.3 Å². The van der Waals surface area contributed by atoms with Crippen molar-refractivity contribution in [2.45, 2.75) is 46.0 Å². The molecule has 0 saturated carbocycles. The van der Waals surface area contributed by atoms with Crippen molar-refractivity contribution in [1.29, 1.82) is 0 Å². The third-order valence-corrected chi connectivity index (χ3v) is 4.21. The van der Waals surface area contributed by atoms with Crippen LogP contribution in [-0.4, -0.2) is 6.54 Å². The van der Waals surface area contributed by atoms with Gasteiger partial charge in [-0.1, -0.05) is 32.9 Å². The lowest BCUT2D eigenvalue weighted by atomic mass is 10.0. The fourth-order valence-corrected chi connectivity index (χ4v) is 2.82. The Kier molecular flexibility index (Phi) is 4.45. The van der Waals surface area contributed by atoms with Gasteiger partial charge < -0.3 is 0 Å². The third-order valence-electron chi connectivity index (χ3n) is 2.43. The van der Waals surface area contributed by atoms with Gasteiger partial charge in [0.2, 0.25) is 0 Å². The van der Waals surface area contributed by atoms with Crippen molar-refractivity contribution in [2.75, 3.05) is 6.54 Å². The average molecular weight is 225 g/mol. The Morgan fingerprint density at radius 3 is 2.40 bits per heavy atom. The Labute approximate surface area is 95.7 Å². The zero-order valence-corrected chi connectivity index (χ0v) is 10.7. The van der Waals surface area contributed by atoms with Gasteiger partial charge in [-0.3, -0.25) is 0 Å². The predicted molar refractivity (Wildman–Crippen MR) is 66.9 cm³/mol. The summed E-state index contributed by atoms with van der Waals surface area (Å²) in [6, 6.07) is 2.25. The first-order chi connectivity index (χ1) is 7.06. The van der Waals surface area contributed by atoms with Crippen LogP contribution in [0.5, 0.6) is 0 Å². The van der Waals surface area contributed by atoms with Crippen molar-refractivity contribution < 1.29 is 0 Å². The Morgan fingerprint density at radius 1 is 1.27 bits per heavy atom. The zero-order valence-electron chi connectivity index (χ0n) is 9.91. The number of rotatable bonds is 5. The second kappa shape index (κ2) is 5.40. The van der Waals surface area contributed by atoms with Crippen molar-refractivity contribution in [2.24, 2.45) is 5.18 Å². The molecule has 1 aromatic heterocycles. The number of thiophene rings is 1. The summed E-state index contributed by atoms with van der Waals surface area (Å²) in [5.41, 5.74) is 1.32. The third kappa shape index (κ3) is 3.13. The maximum absolute atomic E-state index is 10.2. The van der Waals surface area contributed by atoms with Crippen molar-refractivity contribution in [3.8, 4) is 0 Å². The van der Waals surface area contributed by atoms with Gasteiger partial charge in [0.1, 0.15) is 0 Å². The zero-order chi connectivity index (χ0) is 11.4. The molecule has 1 aromatic rings. The van der Waals surface area contributed by atoms with Crippen molar-refractivity contribution in [3.63, 3.8) is 0 Å². The Hall–Kier alpha value is -0.700.